The summed E-state index contributed by atoms with van der Waals surface area (Å²) in [6.45, 7) is 1.04. The molecule has 0 bridgehead atoms. The van der Waals surface area contributed by atoms with Crippen molar-refractivity contribution < 1.29 is 18.6 Å². The number of halogens is 2. The maximum Gasteiger partial charge on any atom is 0.159 e. The van der Waals surface area contributed by atoms with E-state index in [0.717, 1.165) is 12.5 Å². The summed E-state index contributed by atoms with van der Waals surface area (Å²) in [5.74, 6) is -1.05. The summed E-state index contributed by atoms with van der Waals surface area (Å²) < 4.78 is 31.8. The van der Waals surface area contributed by atoms with Gasteiger partial charge in [0.1, 0.15) is 0 Å². The highest BCUT2D eigenvalue weighted by atomic mass is 32.2. The van der Waals surface area contributed by atoms with Crippen LogP contribution in [0.4, 0.5) is 8.78 Å². The van der Waals surface area contributed by atoms with E-state index in [-0.39, 0.29) is 12.1 Å². The fourth-order valence-corrected chi connectivity index (χ4v) is 2.86. The number of ether oxygens (including phenoxy) is 1. The Balaban J connectivity index is 1.97. The maximum atomic E-state index is 13.3. The lowest BCUT2D eigenvalue weighted by molar-refractivity contribution is 0.0946. The Morgan fingerprint density at radius 1 is 1.45 bits per heavy atom. The summed E-state index contributed by atoms with van der Waals surface area (Å²) in [6, 6.07) is 3.85. The molecule has 0 aliphatic carbocycles. The molecule has 3 nitrogen and oxygen atoms in total. The van der Waals surface area contributed by atoms with Gasteiger partial charge in [-0.3, -0.25) is 0 Å². The average molecular weight is 303 g/mol. The van der Waals surface area contributed by atoms with Crippen molar-refractivity contribution in [2.75, 3.05) is 25.2 Å². The molecule has 1 heterocycles. The molecule has 1 aliphatic rings. The smallest absolute Gasteiger partial charge is 0.159 e. The summed E-state index contributed by atoms with van der Waals surface area (Å²) in [7, 11) is 0. The van der Waals surface area contributed by atoms with Crippen LogP contribution in [-0.2, 0) is 4.74 Å². The van der Waals surface area contributed by atoms with Gasteiger partial charge in [-0.15, -0.1) is 0 Å². The van der Waals surface area contributed by atoms with Crippen LogP contribution in [0.15, 0.2) is 18.2 Å². The van der Waals surface area contributed by atoms with Gasteiger partial charge in [-0.1, -0.05) is 6.07 Å². The normalized spacial score (nSPS) is 24.0. The molecule has 3 atom stereocenters. The number of hydrogen-bond donors (Lipinski definition) is 2. The number of aliphatic hydroxyl groups excluding tert-OH is 1. The van der Waals surface area contributed by atoms with Crippen molar-refractivity contribution in [3.63, 3.8) is 0 Å². The van der Waals surface area contributed by atoms with Gasteiger partial charge in [-0.25, -0.2) is 8.78 Å². The van der Waals surface area contributed by atoms with E-state index < -0.39 is 17.7 Å². The van der Waals surface area contributed by atoms with Crippen molar-refractivity contribution in [2.24, 2.45) is 0 Å². The predicted molar refractivity (Wildman–Crippen MR) is 75.8 cm³/mol. The summed E-state index contributed by atoms with van der Waals surface area (Å²) in [4.78, 5) is 0. The summed E-state index contributed by atoms with van der Waals surface area (Å²) >= 11 is 1.58. The lowest BCUT2D eigenvalue weighted by Crippen LogP contribution is -2.38. The molecule has 1 aromatic carbocycles. The summed E-state index contributed by atoms with van der Waals surface area (Å²) in [6.07, 6.45) is 2.00. The van der Waals surface area contributed by atoms with E-state index in [1.165, 1.54) is 6.07 Å². The van der Waals surface area contributed by atoms with E-state index in [9.17, 15) is 13.9 Å². The lowest BCUT2D eigenvalue weighted by Gasteiger charge is -2.22. The number of hydrogen-bond acceptors (Lipinski definition) is 4. The first kappa shape index (κ1) is 15.7. The highest BCUT2D eigenvalue weighted by molar-refractivity contribution is 7.98. The molecule has 0 amide bonds. The molecule has 0 aromatic heterocycles. The lowest BCUT2D eigenvalue weighted by atomic mass is 10.0. The fourth-order valence-electron chi connectivity index (χ4n) is 2.36. The molecule has 1 unspecified atom stereocenters. The van der Waals surface area contributed by atoms with Crippen molar-refractivity contribution in [1.82, 2.24) is 5.32 Å². The molecule has 0 saturated carbocycles. The number of thioether (sulfide) groups is 1. The van der Waals surface area contributed by atoms with Crippen LogP contribution in [0, 0.1) is 11.6 Å². The van der Waals surface area contributed by atoms with Crippen LogP contribution in [0.25, 0.3) is 0 Å². The summed E-state index contributed by atoms with van der Waals surface area (Å²) in [5.41, 5.74) is 0.623. The molecular weight excluding hydrogens is 284 g/mol. The number of aliphatic hydroxyl groups is 1. The second-order valence-corrected chi connectivity index (χ2v) is 5.79. The van der Waals surface area contributed by atoms with Crippen molar-refractivity contribution in [3.8, 4) is 0 Å². The minimum absolute atomic E-state index is 0.0105. The molecule has 1 fully saturated rings. The Morgan fingerprint density at radius 2 is 2.25 bits per heavy atom. The van der Waals surface area contributed by atoms with Gasteiger partial charge < -0.3 is 15.2 Å². The highest BCUT2D eigenvalue weighted by Gasteiger charge is 2.30. The van der Waals surface area contributed by atoms with Crippen molar-refractivity contribution in [2.45, 2.75) is 24.7 Å². The van der Waals surface area contributed by atoms with Crippen molar-refractivity contribution >= 4 is 11.8 Å². The predicted octanol–water partition coefficient (Wildman–Crippen LogP) is 2.11. The monoisotopic (exact) mass is 303 g/mol. The van der Waals surface area contributed by atoms with Gasteiger partial charge >= 0.3 is 0 Å². The van der Waals surface area contributed by atoms with Crippen LogP contribution >= 0.6 is 11.8 Å². The number of rotatable bonds is 6. The van der Waals surface area contributed by atoms with Gasteiger partial charge in [-0.05, 0) is 30.4 Å². The second-order valence-electron chi connectivity index (χ2n) is 4.88. The molecule has 20 heavy (non-hydrogen) atoms. The molecule has 6 heteroatoms. The molecule has 0 radical (unpaired) electrons. The van der Waals surface area contributed by atoms with Crippen molar-refractivity contribution in [1.29, 1.82) is 0 Å². The van der Waals surface area contributed by atoms with E-state index in [2.05, 4.69) is 5.32 Å². The minimum atomic E-state index is -0.862. The molecule has 2 N–H and O–H groups in total. The Hall–Kier alpha value is -0.690. The second kappa shape index (κ2) is 7.36. The van der Waals surface area contributed by atoms with E-state index in [0.29, 0.717) is 24.5 Å². The van der Waals surface area contributed by atoms with E-state index in [1.807, 2.05) is 6.26 Å². The standard InChI is InChI=1S/C14H19F2NO2S/c1-20-8-10(18)7-17-13-4-5-19-14(13)9-2-3-11(15)12(16)6-9/h2-3,6,10,13-14,17-18H,4-5,7-8H2,1H3/t10?,13-,14+/m1/s1. The SMILES string of the molecule is CSCC(O)CN[C@@H]1CCO[C@H]1c1ccc(F)c(F)c1. The van der Waals surface area contributed by atoms with Crippen LogP contribution in [0.5, 0.6) is 0 Å². The molecule has 1 saturated heterocycles. The Bertz CT molecular complexity index is 447. The zero-order valence-corrected chi connectivity index (χ0v) is 12.1. The van der Waals surface area contributed by atoms with Gasteiger partial charge in [0.15, 0.2) is 11.6 Å². The third-order valence-electron chi connectivity index (χ3n) is 3.34. The van der Waals surface area contributed by atoms with Crippen molar-refractivity contribution in [3.05, 3.63) is 35.4 Å². The Labute approximate surface area is 121 Å². The van der Waals surface area contributed by atoms with Crippen LogP contribution in [0.3, 0.4) is 0 Å². The number of benzene rings is 1. The molecule has 0 spiro atoms. The molecule has 2 rings (SSSR count). The Kier molecular flexibility index (Phi) is 5.77. The fraction of sp³-hybridized carbons (Fsp3) is 0.571. The van der Waals surface area contributed by atoms with E-state index in [1.54, 1.807) is 17.8 Å². The molecule has 1 aliphatic heterocycles. The zero-order chi connectivity index (χ0) is 14.5. The van der Waals surface area contributed by atoms with Crippen LogP contribution in [0.2, 0.25) is 0 Å². The van der Waals surface area contributed by atoms with Gasteiger partial charge in [0.05, 0.1) is 12.2 Å². The average Bonchev–Trinajstić information content (AvgIpc) is 2.88. The first-order chi connectivity index (χ1) is 9.61. The largest absolute Gasteiger partial charge is 0.391 e. The van der Waals surface area contributed by atoms with E-state index >= 15 is 0 Å². The zero-order valence-electron chi connectivity index (χ0n) is 11.3. The Morgan fingerprint density at radius 3 is 2.95 bits per heavy atom. The first-order valence-electron chi connectivity index (χ1n) is 6.58. The number of nitrogens with one attached hydrogen (secondary N) is 1. The molecule has 112 valence electrons. The van der Waals surface area contributed by atoms with Crippen LogP contribution < -0.4 is 5.32 Å². The van der Waals surface area contributed by atoms with E-state index in [4.69, 9.17) is 4.74 Å². The van der Waals surface area contributed by atoms with Gasteiger partial charge in [0.25, 0.3) is 0 Å². The quantitative estimate of drug-likeness (QED) is 0.844. The molecular formula is C14H19F2NO2S. The van der Waals surface area contributed by atoms with Crippen LogP contribution in [-0.4, -0.2) is 42.4 Å². The third-order valence-corrected chi connectivity index (χ3v) is 4.06. The highest BCUT2D eigenvalue weighted by Crippen LogP contribution is 2.30. The topological polar surface area (TPSA) is 41.5 Å². The first-order valence-corrected chi connectivity index (χ1v) is 7.98. The van der Waals surface area contributed by atoms with Gasteiger partial charge in [-0.2, -0.15) is 11.8 Å². The van der Waals surface area contributed by atoms with Gasteiger partial charge in [0.2, 0.25) is 0 Å². The maximum absolute atomic E-state index is 13.3. The minimum Gasteiger partial charge on any atom is -0.391 e. The molecule has 1 aromatic rings. The van der Waals surface area contributed by atoms with Gasteiger partial charge in [0, 0.05) is 24.9 Å². The van der Waals surface area contributed by atoms with Crippen LogP contribution in [0.1, 0.15) is 18.1 Å². The summed E-state index contributed by atoms with van der Waals surface area (Å²) in [5, 5.41) is 13.0. The third kappa shape index (κ3) is 3.91.